The lowest BCUT2D eigenvalue weighted by molar-refractivity contribution is -0.154. The van der Waals surface area contributed by atoms with Gasteiger partial charge in [-0.15, -0.1) is 0 Å². The van der Waals surface area contributed by atoms with E-state index in [0.717, 1.165) is 10.5 Å². The van der Waals surface area contributed by atoms with E-state index in [1.165, 1.54) is 14.2 Å². The Labute approximate surface area is 182 Å². The Kier molecular flexibility index (Phi) is 6.35. The zero-order valence-electron chi connectivity index (χ0n) is 18.6. The first-order chi connectivity index (χ1) is 14.7. The first-order valence-electron chi connectivity index (χ1n) is 10.5. The van der Waals surface area contributed by atoms with Gasteiger partial charge in [-0.3, -0.25) is 24.6 Å². The summed E-state index contributed by atoms with van der Waals surface area (Å²) in [6.07, 6.45) is 0.284. The summed E-state index contributed by atoms with van der Waals surface area (Å²) in [7, 11) is 2.70. The van der Waals surface area contributed by atoms with Crippen molar-refractivity contribution in [3.63, 3.8) is 0 Å². The summed E-state index contributed by atoms with van der Waals surface area (Å²) in [4.78, 5) is 54.0. The van der Waals surface area contributed by atoms with Crippen LogP contribution in [0.2, 0.25) is 0 Å². The number of anilines is 1. The number of carbonyl (C=O) groups excluding carboxylic acids is 4. The summed E-state index contributed by atoms with van der Waals surface area (Å²) in [6.45, 7) is 6.14. The maximum absolute atomic E-state index is 12.9. The van der Waals surface area contributed by atoms with Gasteiger partial charge in [0.25, 0.3) is 0 Å². The van der Waals surface area contributed by atoms with Crippen LogP contribution < -0.4 is 10.6 Å². The van der Waals surface area contributed by atoms with Crippen LogP contribution in [0.5, 0.6) is 0 Å². The molecule has 1 aromatic carbocycles. The minimum atomic E-state index is -1.30. The summed E-state index contributed by atoms with van der Waals surface area (Å²) >= 11 is 0. The number of hydrogen-bond acceptors (Lipinski definition) is 6. The maximum Gasteiger partial charge on any atom is 0.326 e. The molecule has 0 aliphatic carbocycles. The van der Waals surface area contributed by atoms with Crippen LogP contribution in [0.3, 0.4) is 0 Å². The van der Waals surface area contributed by atoms with Gasteiger partial charge in [-0.2, -0.15) is 0 Å². The van der Waals surface area contributed by atoms with E-state index >= 15 is 0 Å². The predicted molar refractivity (Wildman–Crippen MR) is 114 cm³/mol. The molecule has 2 N–H and O–H groups in total. The molecule has 31 heavy (non-hydrogen) atoms. The third kappa shape index (κ3) is 3.78. The fourth-order valence-electron chi connectivity index (χ4n) is 4.70. The number of imide groups is 1. The van der Waals surface area contributed by atoms with Gasteiger partial charge < -0.3 is 15.0 Å². The molecule has 1 aromatic rings. The van der Waals surface area contributed by atoms with Crippen LogP contribution >= 0.6 is 0 Å². The second-order valence-corrected chi connectivity index (χ2v) is 8.14. The van der Waals surface area contributed by atoms with Crippen molar-refractivity contribution in [1.82, 2.24) is 15.1 Å². The highest BCUT2D eigenvalue weighted by molar-refractivity contribution is 6.09. The average Bonchev–Trinajstić information content (AvgIpc) is 3.22. The van der Waals surface area contributed by atoms with Crippen LogP contribution in [0.4, 0.5) is 10.5 Å². The van der Waals surface area contributed by atoms with Crippen LogP contribution in [0.1, 0.15) is 25.8 Å². The number of aryl methyl sites for hydroxylation is 1. The summed E-state index contributed by atoms with van der Waals surface area (Å²) in [5, 5.41) is 6.07. The fourth-order valence-corrected chi connectivity index (χ4v) is 4.70. The van der Waals surface area contributed by atoms with Gasteiger partial charge in [-0.05, 0) is 32.4 Å². The van der Waals surface area contributed by atoms with Crippen molar-refractivity contribution >= 4 is 29.5 Å². The molecular weight excluding hydrogens is 400 g/mol. The lowest BCUT2D eigenvalue weighted by atomic mass is 9.78. The van der Waals surface area contributed by atoms with Gasteiger partial charge in [0.2, 0.25) is 11.8 Å². The van der Waals surface area contributed by atoms with Crippen molar-refractivity contribution in [2.24, 2.45) is 11.8 Å². The minimum Gasteiger partial charge on any atom is -0.468 e. The van der Waals surface area contributed by atoms with Crippen LogP contribution in [0, 0.1) is 18.8 Å². The SMILES string of the molecule is CCN(C[C@H]1N[C@@](CC)(C(=O)OC)[C@H]2C(=O)N(C)C(=O)[C@@H]12)C(=O)Nc1ccc(C)cc1. The first-order valence-corrected chi connectivity index (χ1v) is 10.5. The predicted octanol–water partition coefficient (Wildman–Crippen LogP) is 1.37. The zero-order chi connectivity index (χ0) is 22.9. The van der Waals surface area contributed by atoms with Crippen LogP contribution in [0.25, 0.3) is 0 Å². The smallest absolute Gasteiger partial charge is 0.326 e. The first kappa shape index (κ1) is 22.7. The summed E-state index contributed by atoms with van der Waals surface area (Å²) in [5.41, 5.74) is 0.448. The van der Waals surface area contributed by atoms with Gasteiger partial charge in [-0.1, -0.05) is 24.6 Å². The number of hydrogen-bond donors (Lipinski definition) is 2. The lowest BCUT2D eigenvalue weighted by Gasteiger charge is -2.32. The number of esters is 1. The number of rotatable bonds is 6. The molecule has 0 aromatic heterocycles. The van der Waals surface area contributed by atoms with Crippen molar-refractivity contribution in [1.29, 1.82) is 0 Å². The average molecular weight is 431 g/mol. The van der Waals surface area contributed by atoms with Crippen molar-refractivity contribution < 1.29 is 23.9 Å². The topological polar surface area (TPSA) is 108 Å². The molecule has 3 rings (SSSR count). The molecule has 0 radical (unpaired) electrons. The fraction of sp³-hybridized carbons (Fsp3) is 0.545. The van der Waals surface area contributed by atoms with Gasteiger partial charge in [0.15, 0.2) is 0 Å². The molecule has 4 atom stereocenters. The molecule has 2 saturated heterocycles. The molecule has 2 aliphatic heterocycles. The Morgan fingerprint density at radius 1 is 1.19 bits per heavy atom. The lowest BCUT2D eigenvalue weighted by Crippen LogP contribution is -2.58. The van der Waals surface area contributed by atoms with E-state index in [-0.39, 0.29) is 24.9 Å². The van der Waals surface area contributed by atoms with E-state index in [9.17, 15) is 19.2 Å². The number of likely N-dealkylation sites (N-methyl/N-ethyl adjacent to an activating group) is 1. The normalized spacial score (nSPS) is 27.3. The van der Waals surface area contributed by atoms with E-state index in [4.69, 9.17) is 4.74 Å². The molecule has 0 spiro atoms. The Bertz CT molecular complexity index is 886. The molecule has 0 unspecified atom stereocenters. The van der Waals surface area contributed by atoms with Crippen molar-refractivity contribution in [3.8, 4) is 0 Å². The van der Waals surface area contributed by atoms with E-state index in [0.29, 0.717) is 12.2 Å². The quantitative estimate of drug-likeness (QED) is 0.521. The molecule has 4 amide bonds. The number of urea groups is 1. The van der Waals surface area contributed by atoms with Gasteiger partial charge in [-0.25, -0.2) is 4.79 Å². The van der Waals surface area contributed by atoms with Crippen LogP contribution in [-0.2, 0) is 19.1 Å². The molecule has 9 nitrogen and oxygen atoms in total. The van der Waals surface area contributed by atoms with Gasteiger partial charge >= 0.3 is 12.0 Å². The minimum absolute atomic E-state index is 0.168. The number of nitrogens with zero attached hydrogens (tertiary/aromatic N) is 2. The number of likely N-dealkylation sites (tertiary alicyclic amines) is 1. The van der Waals surface area contributed by atoms with Crippen LogP contribution in [-0.4, -0.2) is 72.4 Å². The van der Waals surface area contributed by atoms with Crippen molar-refractivity contribution in [3.05, 3.63) is 29.8 Å². The van der Waals surface area contributed by atoms with Crippen molar-refractivity contribution in [2.75, 3.05) is 32.6 Å². The van der Waals surface area contributed by atoms with Gasteiger partial charge in [0, 0.05) is 31.9 Å². The number of benzene rings is 1. The maximum atomic E-state index is 12.9. The molecule has 168 valence electrons. The Balaban J connectivity index is 1.85. The third-order valence-corrected chi connectivity index (χ3v) is 6.48. The van der Waals surface area contributed by atoms with Gasteiger partial charge in [0.05, 0.1) is 18.9 Å². The molecule has 0 bridgehead atoms. The Morgan fingerprint density at radius 2 is 1.84 bits per heavy atom. The summed E-state index contributed by atoms with van der Waals surface area (Å²) in [6, 6.07) is 6.56. The van der Waals surface area contributed by atoms with E-state index in [1.807, 2.05) is 38.1 Å². The van der Waals surface area contributed by atoms with Crippen molar-refractivity contribution in [2.45, 2.75) is 38.8 Å². The zero-order valence-corrected chi connectivity index (χ0v) is 18.6. The number of fused-ring (bicyclic) bond motifs is 1. The molecular formula is C22H30N4O5. The molecule has 2 heterocycles. The Hall–Kier alpha value is -2.94. The number of amides is 4. The summed E-state index contributed by atoms with van der Waals surface area (Å²) in [5.74, 6) is -2.91. The number of ether oxygens (including phenoxy) is 1. The monoisotopic (exact) mass is 430 g/mol. The molecule has 0 saturated carbocycles. The van der Waals surface area contributed by atoms with E-state index in [2.05, 4.69) is 10.6 Å². The number of carbonyl (C=O) groups is 4. The number of nitrogens with one attached hydrogen (secondary N) is 2. The van der Waals surface area contributed by atoms with Gasteiger partial charge in [0.1, 0.15) is 5.54 Å². The second kappa shape index (κ2) is 8.66. The summed E-state index contributed by atoms with van der Waals surface area (Å²) < 4.78 is 4.99. The van der Waals surface area contributed by atoms with Crippen LogP contribution in [0.15, 0.2) is 24.3 Å². The highest BCUT2D eigenvalue weighted by Crippen LogP contribution is 2.44. The largest absolute Gasteiger partial charge is 0.468 e. The van der Waals surface area contributed by atoms with E-state index < -0.39 is 35.3 Å². The third-order valence-electron chi connectivity index (χ3n) is 6.48. The standard InChI is InChI=1S/C22H30N4O5/c1-6-22(20(29)31-5)17-16(18(27)25(4)19(17)28)15(24-22)12-26(7-2)21(30)23-14-10-8-13(3)9-11-14/h8-11,15-17,24H,6-7,12H2,1-5H3,(H,23,30)/t15-,16+,17-,22-/m1/s1. The molecule has 2 fully saturated rings. The molecule has 2 aliphatic rings. The Morgan fingerprint density at radius 3 is 2.39 bits per heavy atom. The number of methoxy groups -OCH3 is 1. The second-order valence-electron chi connectivity index (χ2n) is 8.14. The highest BCUT2D eigenvalue weighted by Gasteiger charge is 2.67. The van der Waals surface area contributed by atoms with E-state index in [1.54, 1.807) is 11.8 Å². The molecule has 9 heteroatoms. The highest BCUT2D eigenvalue weighted by atomic mass is 16.5.